The number of cyclic esters (lactones) is 4. The van der Waals surface area contributed by atoms with Crippen molar-refractivity contribution in [3.05, 3.63) is 0 Å². The van der Waals surface area contributed by atoms with Crippen molar-refractivity contribution in [1.82, 2.24) is 0 Å². The maximum Gasteiger partial charge on any atom is 0.508 e. The average molecular weight is 236 g/mol. The standard InChI is InChI=1S/2C4H6O4/c2*5-3-1-7-4(6)8-2-3/h2*3,5H,1-2H2. The van der Waals surface area contributed by atoms with Gasteiger partial charge in [0.2, 0.25) is 0 Å². The molecule has 0 amide bonds. The molecular formula is C8H12O8. The summed E-state index contributed by atoms with van der Waals surface area (Å²) in [7, 11) is 0. The Morgan fingerprint density at radius 1 is 0.750 bits per heavy atom. The zero-order valence-corrected chi connectivity index (χ0v) is 8.33. The summed E-state index contributed by atoms with van der Waals surface area (Å²) in [5.74, 6) is 0. The highest BCUT2D eigenvalue weighted by molar-refractivity contribution is 5.60. The molecule has 2 aliphatic rings. The van der Waals surface area contributed by atoms with Crippen molar-refractivity contribution in [2.45, 2.75) is 12.2 Å². The van der Waals surface area contributed by atoms with Crippen LogP contribution in [-0.2, 0) is 18.9 Å². The zero-order valence-electron chi connectivity index (χ0n) is 8.33. The quantitative estimate of drug-likeness (QED) is 0.516. The van der Waals surface area contributed by atoms with Crippen LogP contribution in [0.4, 0.5) is 9.59 Å². The fourth-order valence-corrected chi connectivity index (χ4v) is 0.836. The molecule has 0 aromatic rings. The first-order valence-corrected chi connectivity index (χ1v) is 4.53. The average Bonchev–Trinajstić information content (AvgIpc) is 2.28. The van der Waals surface area contributed by atoms with Crippen molar-refractivity contribution in [3.63, 3.8) is 0 Å². The highest BCUT2D eigenvalue weighted by Gasteiger charge is 2.17. The maximum absolute atomic E-state index is 10.1. The Morgan fingerprint density at radius 2 is 1.00 bits per heavy atom. The lowest BCUT2D eigenvalue weighted by molar-refractivity contribution is -0.0524. The molecule has 0 aromatic carbocycles. The van der Waals surface area contributed by atoms with E-state index in [0.29, 0.717) is 0 Å². The van der Waals surface area contributed by atoms with Gasteiger partial charge in [-0.3, -0.25) is 0 Å². The SMILES string of the molecule is O=C1OCC(O)CO1.O=C1OCC(O)CO1. The second kappa shape index (κ2) is 6.13. The lowest BCUT2D eigenvalue weighted by Crippen LogP contribution is -2.31. The summed E-state index contributed by atoms with van der Waals surface area (Å²) in [5.41, 5.74) is 0. The molecule has 8 nitrogen and oxygen atoms in total. The van der Waals surface area contributed by atoms with Crippen molar-refractivity contribution < 1.29 is 38.7 Å². The molecule has 0 aromatic heterocycles. The fourth-order valence-electron chi connectivity index (χ4n) is 0.836. The van der Waals surface area contributed by atoms with Crippen LogP contribution in [0.5, 0.6) is 0 Å². The van der Waals surface area contributed by atoms with E-state index in [1.54, 1.807) is 0 Å². The normalized spacial score (nSPS) is 21.9. The summed E-state index contributed by atoms with van der Waals surface area (Å²) in [6.45, 7) is 0.218. The van der Waals surface area contributed by atoms with E-state index in [1.807, 2.05) is 0 Å². The minimum Gasteiger partial charge on any atom is -0.431 e. The molecule has 16 heavy (non-hydrogen) atoms. The van der Waals surface area contributed by atoms with Crippen molar-refractivity contribution in [2.24, 2.45) is 0 Å². The fraction of sp³-hybridized carbons (Fsp3) is 0.750. The van der Waals surface area contributed by atoms with Gasteiger partial charge >= 0.3 is 12.3 Å². The van der Waals surface area contributed by atoms with Gasteiger partial charge in [0.1, 0.15) is 38.6 Å². The summed E-state index contributed by atoms with van der Waals surface area (Å²) in [5, 5.41) is 17.2. The third kappa shape index (κ3) is 4.80. The van der Waals surface area contributed by atoms with Gasteiger partial charge in [0.05, 0.1) is 0 Å². The van der Waals surface area contributed by atoms with Crippen LogP contribution in [0.3, 0.4) is 0 Å². The van der Waals surface area contributed by atoms with Crippen molar-refractivity contribution in [1.29, 1.82) is 0 Å². The van der Waals surface area contributed by atoms with E-state index in [0.717, 1.165) is 0 Å². The van der Waals surface area contributed by atoms with E-state index < -0.39 is 24.5 Å². The summed E-state index contributed by atoms with van der Waals surface area (Å²) in [4.78, 5) is 20.1. The second-order valence-corrected chi connectivity index (χ2v) is 3.05. The van der Waals surface area contributed by atoms with Crippen LogP contribution >= 0.6 is 0 Å². The van der Waals surface area contributed by atoms with Gasteiger partial charge in [-0.25, -0.2) is 9.59 Å². The third-order valence-electron chi connectivity index (χ3n) is 1.57. The number of rotatable bonds is 0. The molecule has 2 heterocycles. The van der Waals surface area contributed by atoms with Gasteiger partial charge in [-0.2, -0.15) is 0 Å². The predicted octanol–water partition coefficient (Wildman–Crippen LogP) is -0.972. The van der Waals surface area contributed by atoms with Gasteiger partial charge < -0.3 is 29.2 Å². The third-order valence-corrected chi connectivity index (χ3v) is 1.57. The van der Waals surface area contributed by atoms with Gasteiger partial charge in [0.25, 0.3) is 0 Å². The number of carbonyl (C=O) groups excluding carboxylic acids is 2. The number of ether oxygens (including phenoxy) is 4. The molecular weight excluding hydrogens is 224 g/mol. The first kappa shape index (κ1) is 12.5. The van der Waals surface area contributed by atoms with Gasteiger partial charge in [0, 0.05) is 0 Å². The van der Waals surface area contributed by atoms with Crippen molar-refractivity contribution >= 4 is 12.3 Å². The van der Waals surface area contributed by atoms with Crippen LogP contribution < -0.4 is 0 Å². The highest BCUT2D eigenvalue weighted by atomic mass is 16.7. The molecule has 0 radical (unpaired) electrons. The summed E-state index contributed by atoms with van der Waals surface area (Å²) in [6, 6.07) is 0. The largest absolute Gasteiger partial charge is 0.508 e. The minimum atomic E-state index is -0.699. The van der Waals surface area contributed by atoms with Gasteiger partial charge in [-0.05, 0) is 0 Å². The summed E-state index contributed by atoms with van der Waals surface area (Å²) >= 11 is 0. The van der Waals surface area contributed by atoms with Crippen LogP contribution in [0.2, 0.25) is 0 Å². The molecule has 2 rings (SSSR count). The predicted molar refractivity (Wildman–Crippen MR) is 46.6 cm³/mol. The van der Waals surface area contributed by atoms with E-state index in [4.69, 9.17) is 10.2 Å². The molecule has 8 heteroatoms. The van der Waals surface area contributed by atoms with E-state index in [9.17, 15) is 9.59 Å². The Morgan fingerprint density at radius 3 is 1.19 bits per heavy atom. The van der Waals surface area contributed by atoms with Gasteiger partial charge in [-0.15, -0.1) is 0 Å². The van der Waals surface area contributed by atoms with Crippen LogP contribution in [0.1, 0.15) is 0 Å². The Bertz CT molecular complexity index is 206. The number of aliphatic hydroxyl groups is 2. The Kier molecular flexibility index (Phi) is 4.80. The molecule has 0 spiro atoms. The number of hydrogen-bond acceptors (Lipinski definition) is 8. The number of hydrogen-bond donors (Lipinski definition) is 2. The van der Waals surface area contributed by atoms with Crippen LogP contribution in [0, 0.1) is 0 Å². The van der Waals surface area contributed by atoms with E-state index in [1.165, 1.54) is 0 Å². The molecule has 2 saturated heterocycles. The molecule has 0 atom stereocenters. The minimum absolute atomic E-state index is 0.0544. The highest BCUT2D eigenvalue weighted by Crippen LogP contribution is 1.98. The maximum atomic E-state index is 10.1. The number of carbonyl (C=O) groups is 2. The lowest BCUT2D eigenvalue weighted by Gasteiger charge is -2.16. The second-order valence-electron chi connectivity index (χ2n) is 3.05. The van der Waals surface area contributed by atoms with E-state index in [-0.39, 0.29) is 26.4 Å². The van der Waals surface area contributed by atoms with Crippen LogP contribution in [-0.4, -0.2) is 61.2 Å². The van der Waals surface area contributed by atoms with Crippen LogP contribution in [0.25, 0.3) is 0 Å². The molecule has 2 fully saturated rings. The van der Waals surface area contributed by atoms with E-state index >= 15 is 0 Å². The number of aliphatic hydroxyl groups excluding tert-OH is 2. The summed E-state index contributed by atoms with van der Waals surface area (Å²) in [6.07, 6.45) is -2.69. The molecule has 2 N–H and O–H groups in total. The molecule has 0 unspecified atom stereocenters. The van der Waals surface area contributed by atoms with E-state index in [2.05, 4.69) is 18.9 Å². The molecule has 0 aliphatic carbocycles. The Hall–Kier alpha value is -1.54. The first-order chi connectivity index (χ1) is 7.58. The lowest BCUT2D eigenvalue weighted by atomic mass is 10.4. The summed E-state index contributed by atoms with van der Waals surface area (Å²) < 4.78 is 17.1. The smallest absolute Gasteiger partial charge is 0.431 e. The molecule has 92 valence electrons. The Labute approximate surface area is 90.7 Å². The molecule has 0 saturated carbocycles. The first-order valence-electron chi connectivity index (χ1n) is 4.53. The van der Waals surface area contributed by atoms with Gasteiger partial charge in [0.15, 0.2) is 0 Å². The topological polar surface area (TPSA) is 112 Å². The van der Waals surface area contributed by atoms with Crippen molar-refractivity contribution in [3.8, 4) is 0 Å². The molecule has 0 bridgehead atoms. The van der Waals surface area contributed by atoms with Crippen molar-refractivity contribution in [2.75, 3.05) is 26.4 Å². The Balaban J connectivity index is 0.000000160. The van der Waals surface area contributed by atoms with Crippen LogP contribution in [0.15, 0.2) is 0 Å². The zero-order chi connectivity index (χ0) is 12.0. The monoisotopic (exact) mass is 236 g/mol. The van der Waals surface area contributed by atoms with Gasteiger partial charge in [-0.1, -0.05) is 0 Å². The molecule has 2 aliphatic heterocycles.